The molecule has 9 nitrogen and oxygen atoms in total. The summed E-state index contributed by atoms with van der Waals surface area (Å²) in [7, 11) is -2.38. The molecule has 2 aromatic rings. The minimum Gasteiger partial charge on any atom is -0.497 e. The summed E-state index contributed by atoms with van der Waals surface area (Å²) in [5.41, 5.74) is 0.486. The molecule has 1 saturated heterocycles. The molecule has 0 radical (unpaired) electrons. The highest BCUT2D eigenvalue weighted by atomic mass is 32.2. The van der Waals surface area contributed by atoms with Crippen LogP contribution in [0.2, 0.25) is 0 Å². The number of nitriles is 1. The topological polar surface area (TPSA) is 116 Å². The van der Waals surface area contributed by atoms with Gasteiger partial charge in [-0.25, -0.2) is 13.4 Å². The van der Waals surface area contributed by atoms with Crippen molar-refractivity contribution in [2.75, 3.05) is 38.2 Å². The molecule has 3 rings (SSSR count). The molecule has 1 aliphatic heterocycles. The van der Waals surface area contributed by atoms with Gasteiger partial charge in [0.25, 0.3) is 0 Å². The van der Waals surface area contributed by atoms with E-state index in [9.17, 15) is 18.5 Å². The lowest BCUT2D eigenvalue weighted by Crippen LogP contribution is -2.56. The van der Waals surface area contributed by atoms with Gasteiger partial charge in [-0.05, 0) is 42.3 Å². The van der Waals surface area contributed by atoms with E-state index in [1.54, 1.807) is 35.4 Å². The molecule has 32 heavy (non-hydrogen) atoms. The Hall–Kier alpha value is -3.16. The van der Waals surface area contributed by atoms with Crippen molar-refractivity contribution in [2.24, 2.45) is 5.92 Å². The maximum absolute atomic E-state index is 13.2. The van der Waals surface area contributed by atoms with Gasteiger partial charge in [0, 0.05) is 32.4 Å². The van der Waals surface area contributed by atoms with Gasteiger partial charge in [-0.1, -0.05) is 13.8 Å². The Labute approximate surface area is 188 Å². The Bertz CT molecular complexity index is 1090. The standard InChI is InChI=1S/C22H27N5O4S/c1-16(2)20(25-32(29,30)19-8-6-18(31-3)7-9-19)22(28)27-13-11-26(12-14-27)21-17(15-23)5-4-10-24-21/h4-10,16,20,25H,11-14H2,1-3H3/t20-/m0/s1. The van der Waals surface area contributed by atoms with Crippen LogP contribution < -0.4 is 14.4 Å². The number of hydrogen-bond acceptors (Lipinski definition) is 7. The summed E-state index contributed by atoms with van der Waals surface area (Å²) in [5, 5.41) is 9.30. The first-order valence-corrected chi connectivity index (χ1v) is 11.8. The molecule has 0 aliphatic carbocycles. The van der Waals surface area contributed by atoms with Gasteiger partial charge in [0.1, 0.15) is 23.7 Å². The lowest BCUT2D eigenvalue weighted by molar-refractivity contribution is -0.134. The molecule has 170 valence electrons. The van der Waals surface area contributed by atoms with Gasteiger partial charge in [0.05, 0.1) is 17.6 Å². The van der Waals surface area contributed by atoms with Crippen molar-refractivity contribution >= 4 is 21.7 Å². The Morgan fingerprint density at radius 2 is 1.81 bits per heavy atom. The van der Waals surface area contributed by atoms with Crippen LogP contribution in [0.15, 0.2) is 47.5 Å². The molecule has 1 aliphatic rings. The van der Waals surface area contributed by atoms with Gasteiger partial charge in [-0.2, -0.15) is 9.98 Å². The molecule has 0 spiro atoms. The number of nitrogens with zero attached hydrogens (tertiary/aromatic N) is 4. The SMILES string of the molecule is COc1ccc(S(=O)(=O)N[C@H](C(=O)N2CCN(c3ncccc3C#N)CC2)C(C)C)cc1. The number of carbonyl (C=O) groups excluding carboxylic acids is 1. The van der Waals surface area contributed by atoms with Crippen molar-refractivity contribution in [1.82, 2.24) is 14.6 Å². The number of ether oxygens (including phenoxy) is 1. The van der Waals surface area contributed by atoms with Crippen LogP contribution >= 0.6 is 0 Å². The van der Waals surface area contributed by atoms with E-state index in [2.05, 4.69) is 15.8 Å². The molecule has 1 amide bonds. The zero-order valence-electron chi connectivity index (χ0n) is 18.4. The number of piperazine rings is 1. The maximum atomic E-state index is 13.2. The molecule has 0 bridgehead atoms. The van der Waals surface area contributed by atoms with Crippen LogP contribution in [0.25, 0.3) is 0 Å². The predicted molar refractivity (Wildman–Crippen MR) is 120 cm³/mol. The monoisotopic (exact) mass is 457 g/mol. The summed E-state index contributed by atoms with van der Waals surface area (Å²) < 4.78 is 33.4. The summed E-state index contributed by atoms with van der Waals surface area (Å²) >= 11 is 0. The first-order valence-electron chi connectivity index (χ1n) is 10.3. The number of hydrogen-bond donors (Lipinski definition) is 1. The van der Waals surface area contributed by atoms with Crippen LogP contribution in [0.5, 0.6) is 5.75 Å². The van der Waals surface area contributed by atoms with Gasteiger partial charge in [-0.3, -0.25) is 4.79 Å². The second kappa shape index (κ2) is 9.97. The van der Waals surface area contributed by atoms with E-state index in [4.69, 9.17) is 4.74 Å². The Kier molecular flexibility index (Phi) is 7.33. The highest BCUT2D eigenvalue weighted by molar-refractivity contribution is 7.89. The van der Waals surface area contributed by atoms with Crippen LogP contribution in [0.3, 0.4) is 0 Å². The van der Waals surface area contributed by atoms with Crippen molar-refractivity contribution in [3.63, 3.8) is 0 Å². The molecule has 1 aromatic carbocycles. The van der Waals surface area contributed by atoms with Crippen LogP contribution in [-0.4, -0.2) is 63.5 Å². The highest BCUT2D eigenvalue weighted by Crippen LogP contribution is 2.20. The van der Waals surface area contributed by atoms with Crippen LogP contribution in [0.4, 0.5) is 5.82 Å². The van der Waals surface area contributed by atoms with E-state index in [0.29, 0.717) is 43.3 Å². The number of carbonyl (C=O) groups is 1. The normalized spacial score (nSPS) is 15.3. The van der Waals surface area contributed by atoms with Crippen molar-refractivity contribution in [2.45, 2.75) is 24.8 Å². The first kappa shape index (κ1) is 23.5. The molecular weight excluding hydrogens is 430 g/mol. The van der Waals surface area contributed by atoms with Crippen LogP contribution in [-0.2, 0) is 14.8 Å². The maximum Gasteiger partial charge on any atom is 0.241 e. The van der Waals surface area contributed by atoms with E-state index in [1.807, 2.05) is 18.7 Å². The molecule has 1 aromatic heterocycles. The number of benzene rings is 1. The largest absolute Gasteiger partial charge is 0.497 e. The number of rotatable bonds is 7. The number of pyridine rings is 1. The van der Waals surface area contributed by atoms with Gasteiger partial charge in [0.15, 0.2) is 0 Å². The third kappa shape index (κ3) is 5.18. The molecular formula is C22H27N5O4S. The second-order valence-electron chi connectivity index (χ2n) is 7.82. The molecule has 2 heterocycles. The predicted octanol–water partition coefficient (Wildman–Crippen LogP) is 1.61. The molecule has 1 N–H and O–H groups in total. The van der Waals surface area contributed by atoms with Crippen LogP contribution in [0, 0.1) is 17.2 Å². The number of nitrogens with one attached hydrogen (secondary N) is 1. The van der Waals surface area contributed by atoms with E-state index in [-0.39, 0.29) is 16.7 Å². The molecule has 10 heteroatoms. The zero-order chi connectivity index (χ0) is 23.3. The Balaban J connectivity index is 1.70. The number of sulfonamides is 1. The van der Waals surface area contributed by atoms with Gasteiger partial charge in [-0.15, -0.1) is 0 Å². The smallest absolute Gasteiger partial charge is 0.241 e. The lowest BCUT2D eigenvalue weighted by atomic mass is 10.0. The minimum absolute atomic E-state index is 0.0701. The average molecular weight is 458 g/mol. The third-order valence-electron chi connectivity index (χ3n) is 5.38. The lowest BCUT2D eigenvalue weighted by Gasteiger charge is -2.37. The molecule has 0 unspecified atom stereocenters. The van der Waals surface area contributed by atoms with Gasteiger partial charge in [0.2, 0.25) is 15.9 Å². The molecule has 1 fully saturated rings. The van der Waals surface area contributed by atoms with Crippen molar-refractivity contribution < 1.29 is 17.9 Å². The zero-order valence-corrected chi connectivity index (χ0v) is 19.2. The summed E-state index contributed by atoms with van der Waals surface area (Å²) in [6.07, 6.45) is 1.64. The van der Waals surface area contributed by atoms with Crippen molar-refractivity contribution in [3.05, 3.63) is 48.2 Å². The van der Waals surface area contributed by atoms with Crippen molar-refractivity contribution in [1.29, 1.82) is 5.26 Å². The van der Waals surface area contributed by atoms with Gasteiger partial charge < -0.3 is 14.5 Å². The fourth-order valence-electron chi connectivity index (χ4n) is 3.53. The third-order valence-corrected chi connectivity index (χ3v) is 6.84. The molecule has 0 saturated carbocycles. The highest BCUT2D eigenvalue weighted by Gasteiger charge is 2.33. The van der Waals surface area contributed by atoms with E-state index < -0.39 is 16.1 Å². The van der Waals surface area contributed by atoms with E-state index in [1.165, 1.54) is 19.2 Å². The van der Waals surface area contributed by atoms with E-state index >= 15 is 0 Å². The summed E-state index contributed by atoms with van der Waals surface area (Å²) in [6.45, 7) is 5.45. The summed E-state index contributed by atoms with van der Waals surface area (Å²) in [5.74, 6) is 0.640. The number of amides is 1. The van der Waals surface area contributed by atoms with E-state index in [0.717, 1.165) is 0 Å². The Morgan fingerprint density at radius 3 is 2.38 bits per heavy atom. The summed E-state index contributed by atoms with van der Waals surface area (Å²) in [6, 6.07) is 10.7. The number of methoxy groups -OCH3 is 1. The summed E-state index contributed by atoms with van der Waals surface area (Å²) in [4.78, 5) is 21.2. The average Bonchev–Trinajstić information content (AvgIpc) is 2.82. The van der Waals surface area contributed by atoms with Crippen molar-refractivity contribution in [3.8, 4) is 11.8 Å². The fraction of sp³-hybridized carbons (Fsp3) is 0.409. The minimum atomic E-state index is -3.89. The quantitative estimate of drug-likeness (QED) is 0.672. The first-order chi connectivity index (χ1) is 15.3. The molecule has 1 atom stereocenters. The number of aromatic nitrogens is 1. The number of anilines is 1. The van der Waals surface area contributed by atoms with Crippen LogP contribution in [0.1, 0.15) is 19.4 Å². The fourth-order valence-corrected chi connectivity index (χ4v) is 4.87. The van der Waals surface area contributed by atoms with Gasteiger partial charge >= 0.3 is 0 Å². The Morgan fingerprint density at radius 1 is 1.16 bits per heavy atom. The second-order valence-corrected chi connectivity index (χ2v) is 9.53.